The third kappa shape index (κ3) is 8.01. The van der Waals surface area contributed by atoms with E-state index in [0.29, 0.717) is 51.3 Å². The molecule has 0 bridgehead atoms. The second-order valence-electron chi connectivity index (χ2n) is 11.9. The summed E-state index contributed by atoms with van der Waals surface area (Å²) in [5.74, 6) is 0.976. The number of aryl methyl sites for hydroxylation is 1. The van der Waals surface area contributed by atoms with Crippen LogP contribution in [0.3, 0.4) is 0 Å². The van der Waals surface area contributed by atoms with Gasteiger partial charge in [0.15, 0.2) is 23.2 Å². The van der Waals surface area contributed by atoms with Gasteiger partial charge < -0.3 is 23.5 Å². The van der Waals surface area contributed by atoms with Crippen LogP contribution in [0.15, 0.2) is 136 Å². The smallest absolute Gasteiger partial charge is 0.337 e. The van der Waals surface area contributed by atoms with Crippen LogP contribution in [0.1, 0.15) is 26.4 Å². The molecule has 0 saturated heterocycles. The fraction of sp³-hybridized carbons (Fsp3) is 0.0732. The Morgan fingerprint density at radius 2 is 1.12 bits per heavy atom. The van der Waals surface area contributed by atoms with Crippen molar-refractivity contribution in [2.24, 2.45) is 0 Å². The van der Waals surface area contributed by atoms with Crippen molar-refractivity contribution < 1.29 is 28.1 Å². The molecule has 0 saturated carbocycles. The number of carbonyl (C=O) groups is 2. The zero-order valence-electron chi connectivity index (χ0n) is 30.0. The van der Waals surface area contributed by atoms with Gasteiger partial charge in [-0.3, -0.25) is 14.8 Å². The molecular formula is C41H30N8O7. The van der Waals surface area contributed by atoms with E-state index in [2.05, 4.69) is 45.0 Å². The predicted molar refractivity (Wildman–Crippen MR) is 203 cm³/mol. The van der Waals surface area contributed by atoms with Crippen molar-refractivity contribution in [2.75, 3.05) is 14.2 Å². The molecule has 0 aliphatic carbocycles. The molecule has 0 spiro atoms. The lowest BCUT2D eigenvalue weighted by atomic mass is 10.1. The molecule has 15 nitrogen and oxygen atoms in total. The minimum atomic E-state index is -0.419. The third-order valence-electron chi connectivity index (χ3n) is 8.33. The number of hydrogen-bond acceptors (Lipinski definition) is 14. The molecule has 15 heteroatoms. The maximum absolute atomic E-state index is 12.4. The van der Waals surface area contributed by atoms with E-state index in [0.717, 1.165) is 22.4 Å². The number of benzene rings is 2. The summed E-state index contributed by atoms with van der Waals surface area (Å²) >= 11 is 0. The van der Waals surface area contributed by atoms with E-state index in [1.165, 1.54) is 20.4 Å². The highest BCUT2D eigenvalue weighted by Gasteiger charge is 2.16. The Morgan fingerprint density at radius 1 is 0.607 bits per heavy atom. The second-order valence-corrected chi connectivity index (χ2v) is 11.9. The van der Waals surface area contributed by atoms with Gasteiger partial charge in [0, 0.05) is 48.0 Å². The van der Waals surface area contributed by atoms with Gasteiger partial charge in [0.2, 0.25) is 0 Å². The van der Waals surface area contributed by atoms with Gasteiger partial charge in [0.05, 0.1) is 36.6 Å². The highest BCUT2D eigenvalue weighted by Crippen LogP contribution is 2.29. The minimum Gasteiger partial charge on any atom is -0.465 e. The standard InChI is InChI=1S/C21H16N4O3.C20H14N4O4/c1-13-16(12-23-20(24-13)17-5-3-4-10-22-17)19-11-18(25-28-19)14-6-8-15(9-7-14)21(26)27-2;1-27-20(26)13-7-5-12(6-8-13)16-10-17(28-24-16)14-11-22-18(23-19(14)25)15-4-2-3-9-21-15/h3-12H,1-2H3;2-11H,1H3,(H,22,23,25). The molecule has 0 aliphatic rings. The first-order valence-corrected chi connectivity index (χ1v) is 16.9. The Balaban J connectivity index is 0.000000172. The van der Waals surface area contributed by atoms with Gasteiger partial charge in [-0.1, -0.05) is 46.7 Å². The molecule has 0 fully saturated rings. The molecule has 8 aromatic rings. The van der Waals surface area contributed by atoms with Crippen LogP contribution in [0.25, 0.3) is 68.2 Å². The summed E-state index contributed by atoms with van der Waals surface area (Å²) in [6.45, 7) is 1.89. The van der Waals surface area contributed by atoms with Crippen molar-refractivity contribution >= 4 is 11.9 Å². The fourth-order valence-corrected chi connectivity index (χ4v) is 5.40. The molecule has 1 N–H and O–H groups in total. The number of nitrogens with zero attached hydrogens (tertiary/aromatic N) is 7. The van der Waals surface area contributed by atoms with Crippen molar-refractivity contribution in [3.8, 4) is 68.2 Å². The van der Waals surface area contributed by atoms with E-state index in [-0.39, 0.29) is 22.9 Å². The zero-order chi connectivity index (χ0) is 39.0. The lowest BCUT2D eigenvalue weighted by Gasteiger charge is -2.03. The largest absolute Gasteiger partial charge is 0.465 e. The topological polar surface area (TPSA) is 202 Å². The monoisotopic (exact) mass is 746 g/mol. The van der Waals surface area contributed by atoms with E-state index in [1.54, 1.807) is 85.3 Å². The number of hydrogen-bond donors (Lipinski definition) is 1. The SMILES string of the molecule is COC(=O)c1ccc(-c2cc(-c3cnc(-c4ccccn4)[nH]c3=O)on2)cc1.COC(=O)c1ccc(-c2cc(-c3cnc(-c4ccccn4)nc3C)on2)cc1. The Bertz CT molecular complexity index is 2680. The van der Waals surface area contributed by atoms with Crippen LogP contribution in [-0.2, 0) is 9.47 Å². The summed E-state index contributed by atoms with van der Waals surface area (Å²) in [6, 6.07) is 28.1. The number of aromatic nitrogens is 8. The summed E-state index contributed by atoms with van der Waals surface area (Å²) in [5, 5.41) is 8.12. The Hall–Kier alpha value is -7.94. The first-order chi connectivity index (χ1) is 27.3. The van der Waals surface area contributed by atoms with Crippen LogP contribution in [0.2, 0.25) is 0 Å². The van der Waals surface area contributed by atoms with E-state index >= 15 is 0 Å². The van der Waals surface area contributed by atoms with Crippen molar-refractivity contribution in [1.29, 1.82) is 0 Å². The molecule has 0 unspecified atom stereocenters. The van der Waals surface area contributed by atoms with Crippen LogP contribution in [0.5, 0.6) is 0 Å². The fourth-order valence-electron chi connectivity index (χ4n) is 5.40. The summed E-state index contributed by atoms with van der Waals surface area (Å²) in [6.07, 6.45) is 6.46. The van der Waals surface area contributed by atoms with Gasteiger partial charge in [-0.05, 0) is 55.5 Å². The number of nitrogens with one attached hydrogen (secondary N) is 1. The number of rotatable bonds is 8. The normalized spacial score (nSPS) is 10.6. The van der Waals surface area contributed by atoms with Gasteiger partial charge in [0.25, 0.3) is 5.56 Å². The number of carbonyl (C=O) groups excluding carboxylic acids is 2. The molecule has 6 heterocycles. The lowest BCUT2D eigenvalue weighted by molar-refractivity contribution is 0.0592. The first-order valence-electron chi connectivity index (χ1n) is 16.9. The molecule has 0 radical (unpaired) electrons. The van der Waals surface area contributed by atoms with Crippen LogP contribution >= 0.6 is 0 Å². The van der Waals surface area contributed by atoms with E-state index in [1.807, 2.05) is 37.3 Å². The van der Waals surface area contributed by atoms with Gasteiger partial charge in [-0.2, -0.15) is 0 Å². The number of H-pyrrole nitrogens is 1. The molecule has 6 aromatic heterocycles. The molecule has 0 atom stereocenters. The molecule has 56 heavy (non-hydrogen) atoms. The number of methoxy groups -OCH3 is 2. The van der Waals surface area contributed by atoms with Crippen molar-refractivity contribution in [2.45, 2.75) is 6.92 Å². The van der Waals surface area contributed by atoms with Gasteiger partial charge in [0.1, 0.15) is 28.3 Å². The van der Waals surface area contributed by atoms with Crippen LogP contribution in [-0.4, -0.2) is 66.4 Å². The zero-order valence-corrected chi connectivity index (χ0v) is 30.0. The molecule has 276 valence electrons. The Kier molecular flexibility index (Phi) is 10.7. The minimum absolute atomic E-state index is 0.254. The lowest BCUT2D eigenvalue weighted by Crippen LogP contribution is -2.11. The third-order valence-corrected chi connectivity index (χ3v) is 8.33. The quantitative estimate of drug-likeness (QED) is 0.157. The molecule has 0 amide bonds. The Morgan fingerprint density at radius 3 is 1.61 bits per heavy atom. The van der Waals surface area contributed by atoms with Gasteiger partial charge in [-0.25, -0.2) is 24.5 Å². The predicted octanol–water partition coefficient (Wildman–Crippen LogP) is 6.90. The summed E-state index contributed by atoms with van der Waals surface area (Å²) in [7, 11) is 2.68. The number of pyridine rings is 2. The molecule has 0 aliphatic heterocycles. The maximum atomic E-state index is 12.4. The number of esters is 2. The van der Waals surface area contributed by atoms with Crippen LogP contribution in [0.4, 0.5) is 0 Å². The highest BCUT2D eigenvalue weighted by atomic mass is 16.5. The Labute approximate surface area is 318 Å². The maximum Gasteiger partial charge on any atom is 0.337 e. The van der Waals surface area contributed by atoms with E-state index < -0.39 is 5.97 Å². The second kappa shape index (κ2) is 16.4. The van der Waals surface area contributed by atoms with E-state index in [4.69, 9.17) is 13.8 Å². The van der Waals surface area contributed by atoms with Crippen molar-refractivity contribution in [1.82, 2.24) is 40.2 Å². The average Bonchev–Trinajstić information content (AvgIpc) is 3.95. The average molecular weight is 747 g/mol. The summed E-state index contributed by atoms with van der Waals surface area (Å²) in [4.78, 5) is 59.8. The molecule has 2 aromatic carbocycles. The van der Waals surface area contributed by atoms with Crippen LogP contribution < -0.4 is 5.56 Å². The molecule has 8 rings (SSSR count). The van der Waals surface area contributed by atoms with Gasteiger partial charge >= 0.3 is 11.9 Å². The first kappa shape index (κ1) is 36.4. The number of aromatic amines is 1. The molecular weight excluding hydrogens is 716 g/mol. The highest BCUT2D eigenvalue weighted by molar-refractivity contribution is 5.90. The van der Waals surface area contributed by atoms with E-state index in [9.17, 15) is 14.4 Å². The van der Waals surface area contributed by atoms with Crippen LogP contribution in [0, 0.1) is 6.92 Å². The summed E-state index contributed by atoms with van der Waals surface area (Å²) < 4.78 is 20.2. The van der Waals surface area contributed by atoms with Crippen molar-refractivity contribution in [3.63, 3.8) is 0 Å². The number of ether oxygens (including phenoxy) is 2. The van der Waals surface area contributed by atoms with Gasteiger partial charge in [-0.15, -0.1) is 0 Å². The summed E-state index contributed by atoms with van der Waals surface area (Å²) in [5.41, 5.74) is 6.33. The van der Waals surface area contributed by atoms with Crippen molar-refractivity contribution in [3.05, 3.63) is 149 Å².